The summed E-state index contributed by atoms with van der Waals surface area (Å²) in [7, 11) is 0. The lowest BCUT2D eigenvalue weighted by molar-refractivity contribution is -0.359. The molecule has 0 aromatic rings. The van der Waals surface area contributed by atoms with Gasteiger partial charge in [0.15, 0.2) is 12.6 Å². The average molecular weight is 326 g/mol. The van der Waals surface area contributed by atoms with Crippen molar-refractivity contribution >= 4 is 0 Å². The summed E-state index contributed by atoms with van der Waals surface area (Å²) in [4.78, 5) is 0. The molecule has 7 N–H and O–H groups in total. The summed E-state index contributed by atoms with van der Waals surface area (Å²) < 4.78 is 15.3. The third kappa shape index (κ3) is 3.26. The van der Waals surface area contributed by atoms with Gasteiger partial charge in [0.05, 0.1) is 12.7 Å². The number of hydrogen-bond donors (Lipinski definition) is 7. The van der Waals surface area contributed by atoms with Gasteiger partial charge in [-0.1, -0.05) is 0 Å². The minimum Gasteiger partial charge on any atom is -0.394 e. The Labute approximate surface area is 126 Å². The lowest BCUT2D eigenvalue weighted by Crippen LogP contribution is -2.63. The first-order valence-electron chi connectivity index (χ1n) is 6.93. The second kappa shape index (κ2) is 7.01. The number of hydrogen-bond acceptors (Lipinski definition) is 10. The predicted octanol–water partition coefficient (Wildman–Crippen LogP) is -4.37. The van der Waals surface area contributed by atoms with Crippen LogP contribution in [0, 0.1) is 0 Å². The summed E-state index contributed by atoms with van der Waals surface area (Å²) in [5.41, 5.74) is 0. The smallest absolute Gasteiger partial charge is 0.187 e. The zero-order chi connectivity index (χ0) is 16.6. The number of rotatable bonds is 3. The Kier molecular flexibility index (Phi) is 5.72. The molecule has 22 heavy (non-hydrogen) atoms. The van der Waals surface area contributed by atoms with E-state index in [-0.39, 0.29) is 0 Å². The van der Waals surface area contributed by atoms with E-state index in [2.05, 4.69) is 0 Å². The second-order valence-electron chi connectivity index (χ2n) is 5.51. The summed E-state index contributed by atoms with van der Waals surface area (Å²) in [6.45, 7) is 0.803. The molecule has 0 unspecified atom stereocenters. The topological polar surface area (TPSA) is 169 Å². The van der Waals surface area contributed by atoms with Gasteiger partial charge in [0, 0.05) is 0 Å². The van der Waals surface area contributed by atoms with Crippen LogP contribution in [0.15, 0.2) is 0 Å². The highest BCUT2D eigenvalue weighted by atomic mass is 16.7. The van der Waals surface area contributed by atoms with Gasteiger partial charge in [-0.3, -0.25) is 0 Å². The molecule has 2 heterocycles. The molecule has 0 aliphatic carbocycles. The molecule has 2 saturated heterocycles. The van der Waals surface area contributed by atoms with Crippen molar-refractivity contribution in [1.29, 1.82) is 0 Å². The highest BCUT2D eigenvalue weighted by molar-refractivity contribution is 4.92. The number of ether oxygens (including phenoxy) is 3. The van der Waals surface area contributed by atoms with Crippen LogP contribution in [-0.2, 0) is 14.2 Å². The SMILES string of the molecule is C[C@@H]1O[C@@H](O)[C@@H](O[C@@H]2O[C@H](CO)[C@H](O)[C@H](O)[C@H]2O)[C@@H](O)[C@@H]1O. The molecule has 2 aliphatic heterocycles. The van der Waals surface area contributed by atoms with Crippen LogP contribution in [0.2, 0.25) is 0 Å². The van der Waals surface area contributed by atoms with Crippen molar-refractivity contribution in [3.8, 4) is 0 Å². The Hall–Kier alpha value is -0.400. The van der Waals surface area contributed by atoms with E-state index in [1.807, 2.05) is 0 Å². The van der Waals surface area contributed by atoms with Crippen molar-refractivity contribution in [3.63, 3.8) is 0 Å². The molecule has 0 saturated carbocycles. The zero-order valence-electron chi connectivity index (χ0n) is 11.8. The first-order chi connectivity index (χ1) is 10.3. The van der Waals surface area contributed by atoms with Gasteiger partial charge in [-0.2, -0.15) is 0 Å². The van der Waals surface area contributed by atoms with E-state index < -0.39 is 68.0 Å². The molecule has 10 atom stereocenters. The molecule has 0 spiro atoms. The van der Waals surface area contributed by atoms with Crippen LogP contribution in [0.3, 0.4) is 0 Å². The first kappa shape index (κ1) is 17.9. The highest BCUT2D eigenvalue weighted by Crippen LogP contribution is 2.28. The predicted molar refractivity (Wildman–Crippen MR) is 67.2 cm³/mol. The zero-order valence-corrected chi connectivity index (χ0v) is 11.8. The normalized spacial score (nSPS) is 53.5. The van der Waals surface area contributed by atoms with Gasteiger partial charge in [0.2, 0.25) is 0 Å². The average Bonchev–Trinajstić information content (AvgIpc) is 2.49. The van der Waals surface area contributed by atoms with E-state index in [0.717, 1.165) is 0 Å². The van der Waals surface area contributed by atoms with E-state index >= 15 is 0 Å². The van der Waals surface area contributed by atoms with Crippen molar-refractivity contribution in [2.75, 3.05) is 6.61 Å². The van der Waals surface area contributed by atoms with Gasteiger partial charge in [0.1, 0.15) is 42.7 Å². The minimum absolute atomic E-state index is 0.642. The van der Waals surface area contributed by atoms with Crippen LogP contribution >= 0.6 is 0 Å². The molecule has 0 radical (unpaired) electrons. The Balaban J connectivity index is 2.08. The molecular formula is C12H22O10. The maximum atomic E-state index is 9.92. The first-order valence-corrected chi connectivity index (χ1v) is 6.93. The molecule has 10 heteroatoms. The third-order valence-electron chi connectivity index (χ3n) is 3.94. The van der Waals surface area contributed by atoms with Crippen LogP contribution in [0.1, 0.15) is 6.92 Å². The Bertz CT molecular complexity index is 366. The third-order valence-corrected chi connectivity index (χ3v) is 3.94. The van der Waals surface area contributed by atoms with Gasteiger partial charge >= 0.3 is 0 Å². The van der Waals surface area contributed by atoms with Crippen LogP contribution in [0.5, 0.6) is 0 Å². The summed E-state index contributed by atoms with van der Waals surface area (Å²) >= 11 is 0. The van der Waals surface area contributed by atoms with Crippen molar-refractivity contribution < 1.29 is 50.0 Å². The van der Waals surface area contributed by atoms with E-state index in [4.69, 9.17) is 19.3 Å². The lowest BCUT2D eigenvalue weighted by atomic mass is 9.98. The van der Waals surface area contributed by atoms with Crippen molar-refractivity contribution in [1.82, 2.24) is 0 Å². The fraction of sp³-hybridized carbons (Fsp3) is 1.00. The molecule has 2 rings (SSSR count). The van der Waals surface area contributed by atoms with E-state index in [0.29, 0.717) is 0 Å². The fourth-order valence-corrected chi connectivity index (χ4v) is 2.50. The number of aliphatic hydroxyl groups is 7. The Morgan fingerprint density at radius 3 is 2.05 bits per heavy atom. The van der Waals surface area contributed by atoms with Crippen LogP contribution in [0.25, 0.3) is 0 Å². The van der Waals surface area contributed by atoms with Crippen molar-refractivity contribution in [2.45, 2.75) is 68.3 Å². The van der Waals surface area contributed by atoms with Gasteiger partial charge in [0.25, 0.3) is 0 Å². The molecule has 130 valence electrons. The quantitative estimate of drug-likeness (QED) is 0.269. The van der Waals surface area contributed by atoms with Crippen LogP contribution in [-0.4, -0.2) is 104 Å². The number of aliphatic hydroxyl groups excluding tert-OH is 7. The largest absolute Gasteiger partial charge is 0.394 e. The van der Waals surface area contributed by atoms with Gasteiger partial charge in [-0.05, 0) is 6.92 Å². The maximum absolute atomic E-state index is 9.92. The monoisotopic (exact) mass is 326 g/mol. The van der Waals surface area contributed by atoms with Gasteiger partial charge < -0.3 is 50.0 Å². The molecule has 0 amide bonds. The van der Waals surface area contributed by atoms with E-state index in [1.165, 1.54) is 6.92 Å². The second-order valence-corrected chi connectivity index (χ2v) is 5.51. The summed E-state index contributed by atoms with van der Waals surface area (Å²) in [5.74, 6) is 0. The molecule has 0 bridgehead atoms. The van der Waals surface area contributed by atoms with E-state index in [9.17, 15) is 30.6 Å². The maximum Gasteiger partial charge on any atom is 0.187 e. The Morgan fingerprint density at radius 1 is 0.818 bits per heavy atom. The van der Waals surface area contributed by atoms with Gasteiger partial charge in [-0.15, -0.1) is 0 Å². The fourth-order valence-electron chi connectivity index (χ4n) is 2.50. The molecule has 0 aromatic heterocycles. The van der Waals surface area contributed by atoms with Crippen molar-refractivity contribution in [2.24, 2.45) is 0 Å². The van der Waals surface area contributed by atoms with Crippen LogP contribution in [0.4, 0.5) is 0 Å². The van der Waals surface area contributed by atoms with Crippen LogP contribution < -0.4 is 0 Å². The van der Waals surface area contributed by atoms with E-state index in [1.54, 1.807) is 0 Å². The highest BCUT2D eigenvalue weighted by Gasteiger charge is 2.49. The standard InChI is InChI=1S/C12H22O10/c1-3-5(14)8(17)10(11(19)20-3)22-12-9(18)7(16)6(15)4(2-13)21-12/h3-19H,2H2,1H3/t3-,4+,5+,6-,7-,8-,9+,10-,11+,12-/m0/s1. The molecular weight excluding hydrogens is 304 g/mol. The van der Waals surface area contributed by atoms with Gasteiger partial charge in [-0.25, -0.2) is 0 Å². The summed E-state index contributed by atoms with van der Waals surface area (Å²) in [5, 5.41) is 67.6. The minimum atomic E-state index is -1.69. The lowest BCUT2D eigenvalue weighted by Gasteiger charge is -2.44. The molecule has 10 nitrogen and oxygen atoms in total. The molecule has 2 aliphatic rings. The summed E-state index contributed by atoms with van der Waals surface area (Å²) in [6.07, 6.45) is -14.4. The van der Waals surface area contributed by atoms with Crippen molar-refractivity contribution in [3.05, 3.63) is 0 Å². The Morgan fingerprint density at radius 2 is 1.45 bits per heavy atom. The summed E-state index contributed by atoms with van der Waals surface area (Å²) in [6, 6.07) is 0. The molecule has 0 aromatic carbocycles. The molecule has 2 fully saturated rings.